The fourth-order valence-corrected chi connectivity index (χ4v) is 3.72. The van der Waals surface area contributed by atoms with Gasteiger partial charge in [-0.1, -0.05) is 11.6 Å². The summed E-state index contributed by atoms with van der Waals surface area (Å²) in [5.41, 5.74) is 0.417. The number of nitrogens with one attached hydrogen (secondary N) is 3. The summed E-state index contributed by atoms with van der Waals surface area (Å²) in [4.78, 5) is 39.6. The molecule has 0 radical (unpaired) electrons. The molecule has 3 heterocycles. The molecule has 0 atom stereocenters. The molecule has 36 heavy (non-hydrogen) atoms. The normalized spacial score (nSPS) is 11.6. The highest BCUT2D eigenvalue weighted by molar-refractivity contribution is 6.31. The van der Waals surface area contributed by atoms with Crippen LogP contribution in [0.1, 0.15) is 5.56 Å². The summed E-state index contributed by atoms with van der Waals surface area (Å²) >= 11 is 5.60. The third kappa shape index (κ3) is 4.38. The summed E-state index contributed by atoms with van der Waals surface area (Å²) in [6.07, 6.45) is 1.20. The molecule has 0 saturated carbocycles. The van der Waals surface area contributed by atoms with Gasteiger partial charge in [-0.05, 0) is 42.5 Å². The number of aromatic nitrogens is 6. The van der Waals surface area contributed by atoms with Gasteiger partial charge < -0.3 is 15.6 Å². The van der Waals surface area contributed by atoms with Crippen LogP contribution in [0.4, 0.5) is 29.3 Å². The number of amides is 2. The topological polar surface area (TPSA) is 123 Å². The number of H-pyrrole nitrogens is 1. The summed E-state index contributed by atoms with van der Waals surface area (Å²) in [5, 5.41) is 4.44. The monoisotopic (exact) mass is 514 g/mol. The Labute approximate surface area is 204 Å². The van der Waals surface area contributed by atoms with Gasteiger partial charge >= 0.3 is 17.9 Å². The molecule has 0 spiro atoms. The third-order valence-electron chi connectivity index (χ3n) is 5.12. The highest BCUT2D eigenvalue weighted by atomic mass is 35.5. The average molecular weight is 515 g/mol. The van der Waals surface area contributed by atoms with E-state index in [9.17, 15) is 22.8 Å². The molecule has 3 aromatic heterocycles. The van der Waals surface area contributed by atoms with Crippen molar-refractivity contribution in [3.63, 3.8) is 0 Å². The first-order chi connectivity index (χ1) is 17.2. The number of aromatic amines is 1. The number of imidazole rings is 2. The maximum atomic E-state index is 13.0. The summed E-state index contributed by atoms with van der Waals surface area (Å²) in [7, 11) is 0. The number of halogens is 4. The summed E-state index contributed by atoms with van der Waals surface area (Å²) in [6.45, 7) is 0. The van der Waals surface area contributed by atoms with Gasteiger partial charge in [-0.15, -0.1) is 0 Å². The summed E-state index contributed by atoms with van der Waals surface area (Å²) < 4.78 is 42.1. The molecular weight excluding hydrogens is 501 g/mol. The van der Waals surface area contributed by atoms with Crippen LogP contribution in [0.15, 0.2) is 72.3 Å². The van der Waals surface area contributed by atoms with Crippen LogP contribution in [0.2, 0.25) is 5.02 Å². The van der Waals surface area contributed by atoms with Crippen molar-refractivity contribution in [1.29, 1.82) is 0 Å². The second-order valence-electron chi connectivity index (χ2n) is 7.44. The Hall–Kier alpha value is -4.65. The Morgan fingerprint density at radius 1 is 0.972 bits per heavy atom. The van der Waals surface area contributed by atoms with E-state index in [2.05, 4.69) is 30.6 Å². The molecule has 3 N–H and O–H groups in total. The Morgan fingerprint density at radius 2 is 1.69 bits per heavy atom. The van der Waals surface area contributed by atoms with Crippen molar-refractivity contribution in [2.24, 2.45) is 0 Å². The maximum absolute atomic E-state index is 13.0. The maximum Gasteiger partial charge on any atom is 0.417 e. The van der Waals surface area contributed by atoms with Gasteiger partial charge in [-0.2, -0.15) is 13.2 Å². The number of hydrogen-bond acceptors (Lipinski definition) is 5. The molecule has 0 saturated heterocycles. The fraction of sp³-hybridized carbons (Fsp3) is 0.0455. The molecule has 0 aliphatic carbocycles. The smallest absolute Gasteiger partial charge is 0.312 e. The first-order valence-corrected chi connectivity index (χ1v) is 10.6. The number of fused-ring (bicyclic) bond motifs is 1. The Morgan fingerprint density at radius 3 is 2.39 bits per heavy atom. The van der Waals surface area contributed by atoms with Crippen LogP contribution in [0.25, 0.3) is 22.7 Å². The van der Waals surface area contributed by atoms with Crippen LogP contribution >= 0.6 is 11.6 Å². The number of urea groups is 1. The number of carbonyl (C=O) groups excluding carboxylic acids is 1. The zero-order valence-corrected chi connectivity index (χ0v) is 18.7. The molecule has 2 amide bonds. The Bertz CT molecular complexity index is 1640. The molecule has 0 unspecified atom stereocenters. The van der Waals surface area contributed by atoms with E-state index in [1.54, 1.807) is 28.8 Å². The van der Waals surface area contributed by atoms with Crippen molar-refractivity contribution in [2.45, 2.75) is 6.18 Å². The fourth-order valence-electron chi connectivity index (χ4n) is 3.49. The van der Waals surface area contributed by atoms with Gasteiger partial charge in [0, 0.05) is 29.5 Å². The number of nitrogens with zero attached hydrogens (tertiary/aromatic N) is 5. The van der Waals surface area contributed by atoms with Crippen LogP contribution in [-0.2, 0) is 6.18 Å². The second-order valence-corrected chi connectivity index (χ2v) is 7.84. The highest BCUT2D eigenvalue weighted by Gasteiger charge is 2.33. The second kappa shape index (κ2) is 8.85. The quantitative estimate of drug-likeness (QED) is 0.323. The minimum atomic E-state index is -4.65. The standard InChI is InChI=1S/C22H14ClF3N8O2/c23-16-6-3-13(9-15(16)22(24,25)26)32-20(35)31-12-1-4-14(5-2-12)34-11-30-17-18(28-10-29-19(17)34)33-8-7-27-21(33)36/h1-11H,(H,27,36)(H2,31,32,35). The summed E-state index contributed by atoms with van der Waals surface area (Å²) in [5.74, 6) is 0.316. The van der Waals surface area contributed by atoms with Gasteiger partial charge in [0.05, 0.1) is 10.6 Å². The molecule has 5 rings (SSSR count). The molecule has 0 bridgehead atoms. The van der Waals surface area contributed by atoms with Crippen molar-refractivity contribution in [3.05, 3.63) is 88.6 Å². The Balaban J connectivity index is 1.34. The molecule has 10 nitrogen and oxygen atoms in total. The van der Waals surface area contributed by atoms with Crippen LogP contribution in [0.5, 0.6) is 0 Å². The number of benzene rings is 2. The number of carbonyl (C=O) groups is 1. The number of alkyl halides is 3. The van der Waals surface area contributed by atoms with Crippen molar-refractivity contribution >= 4 is 40.2 Å². The lowest BCUT2D eigenvalue weighted by atomic mass is 10.2. The molecule has 5 aromatic rings. The minimum absolute atomic E-state index is 0.0669. The lowest BCUT2D eigenvalue weighted by Crippen LogP contribution is -2.20. The SMILES string of the molecule is O=C(Nc1ccc(-n2cnc3c(-n4cc[nH]c4=O)ncnc32)cc1)Nc1ccc(Cl)c(C(F)(F)F)c1. The summed E-state index contributed by atoms with van der Waals surface area (Å²) in [6, 6.07) is 8.92. The van der Waals surface area contributed by atoms with Gasteiger partial charge in [0.15, 0.2) is 17.0 Å². The van der Waals surface area contributed by atoms with Crippen molar-refractivity contribution in [2.75, 3.05) is 10.6 Å². The van der Waals surface area contributed by atoms with Crippen molar-refractivity contribution in [3.8, 4) is 11.5 Å². The van der Waals surface area contributed by atoms with Gasteiger partial charge in [0.2, 0.25) is 0 Å². The van der Waals surface area contributed by atoms with E-state index in [1.807, 2.05) is 0 Å². The van der Waals surface area contributed by atoms with Gasteiger partial charge in [0.25, 0.3) is 0 Å². The van der Waals surface area contributed by atoms with E-state index in [4.69, 9.17) is 11.6 Å². The van der Waals surface area contributed by atoms with Crippen molar-refractivity contribution in [1.82, 2.24) is 29.1 Å². The van der Waals surface area contributed by atoms with Gasteiger partial charge in [0.1, 0.15) is 12.7 Å². The number of hydrogen-bond donors (Lipinski definition) is 3. The molecule has 2 aromatic carbocycles. The van der Waals surface area contributed by atoms with Crippen LogP contribution in [-0.4, -0.2) is 35.1 Å². The Kier molecular flexibility index (Phi) is 5.68. The zero-order chi connectivity index (χ0) is 25.4. The lowest BCUT2D eigenvalue weighted by molar-refractivity contribution is -0.137. The van der Waals surface area contributed by atoms with Crippen molar-refractivity contribution < 1.29 is 18.0 Å². The number of anilines is 2. The van der Waals surface area contributed by atoms with Gasteiger partial charge in [-0.3, -0.25) is 4.57 Å². The van der Waals surface area contributed by atoms with E-state index < -0.39 is 22.8 Å². The van der Waals surface area contributed by atoms with Crippen LogP contribution < -0.4 is 16.3 Å². The highest BCUT2D eigenvalue weighted by Crippen LogP contribution is 2.36. The van der Waals surface area contributed by atoms with Gasteiger partial charge in [-0.25, -0.2) is 29.1 Å². The lowest BCUT2D eigenvalue weighted by Gasteiger charge is -2.12. The molecule has 0 aliphatic heterocycles. The van der Waals surface area contributed by atoms with E-state index in [0.717, 1.165) is 12.1 Å². The van der Waals surface area contributed by atoms with E-state index in [1.165, 1.54) is 35.7 Å². The first kappa shape index (κ1) is 23.1. The van der Waals surface area contributed by atoms with E-state index in [0.29, 0.717) is 28.4 Å². The predicted octanol–water partition coefficient (Wildman–Crippen LogP) is 4.61. The average Bonchev–Trinajstić information content (AvgIpc) is 3.46. The molecular formula is C22H14ClF3N8O2. The van der Waals surface area contributed by atoms with Crippen LogP contribution in [0, 0.1) is 0 Å². The molecule has 14 heteroatoms. The number of rotatable bonds is 4. The minimum Gasteiger partial charge on any atom is -0.312 e. The van der Waals surface area contributed by atoms with E-state index in [-0.39, 0.29) is 11.4 Å². The van der Waals surface area contributed by atoms with E-state index >= 15 is 0 Å². The molecule has 0 fully saturated rings. The largest absolute Gasteiger partial charge is 0.417 e. The molecule has 182 valence electrons. The first-order valence-electron chi connectivity index (χ1n) is 10.2. The predicted molar refractivity (Wildman–Crippen MR) is 126 cm³/mol. The molecule has 0 aliphatic rings. The third-order valence-corrected chi connectivity index (χ3v) is 5.45. The zero-order valence-electron chi connectivity index (χ0n) is 17.9. The van der Waals surface area contributed by atoms with Crippen LogP contribution in [0.3, 0.4) is 0 Å².